The van der Waals surface area contributed by atoms with E-state index in [0.29, 0.717) is 0 Å². The van der Waals surface area contributed by atoms with Crippen molar-refractivity contribution in [3.8, 4) is 11.5 Å². The molecule has 22 heavy (non-hydrogen) atoms. The Balaban J connectivity index is 2.14. The van der Waals surface area contributed by atoms with Crippen molar-refractivity contribution in [2.75, 3.05) is 0 Å². The minimum absolute atomic E-state index is 0.114. The van der Waals surface area contributed by atoms with E-state index in [4.69, 9.17) is 5.11 Å². The molecule has 1 heterocycles. The molecule has 0 bridgehead atoms. The zero-order valence-corrected chi connectivity index (χ0v) is 11.4. The molecule has 0 aliphatic carbocycles. The fraction of sp³-hybridized carbons (Fsp3) is 0.0769. The summed E-state index contributed by atoms with van der Waals surface area (Å²) in [5, 5.41) is 22.2. The predicted octanol–water partition coefficient (Wildman–Crippen LogP) is -0.751. The van der Waals surface area contributed by atoms with E-state index in [1.165, 1.54) is 19.2 Å². The molecule has 0 radical (unpaired) electrons. The van der Waals surface area contributed by atoms with E-state index in [0.717, 1.165) is 22.9 Å². The average molecular weight is 304 g/mol. The largest absolute Gasteiger partial charge is 0.508 e. The van der Waals surface area contributed by atoms with Crippen molar-refractivity contribution in [3.63, 3.8) is 0 Å². The Morgan fingerprint density at radius 2 is 2.05 bits per heavy atom. The molecule has 4 N–H and O–H groups in total. The van der Waals surface area contributed by atoms with E-state index in [9.17, 15) is 19.5 Å². The number of carbonyl (C=O) groups excluding carboxylic acids is 1. The number of aromatic hydroxyl groups is 2. The van der Waals surface area contributed by atoms with Crippen LogP contribution in [-0.2, 0) is 7.05 Å². The lowest BCUT2D eigenvalue weighted by Gasteiger charge is -2.02. The first-order chi connectivity index (χ1) is 10.4. The summed E-state index contributed by atoms with van der Waals surface area (Å²) in [7, 11) is 1.27. The molecule has 9 heteroatoms. The second-order valence-electron chi connectivity index (χ2n) is 4.33. The van der Waals surface area contributed by atoms with Gasteiger partial charge in [-0.2, -0.15) is 5.10 Å². The third-order valence-corrected chi connectivity index (χ3v) is 2.77. The van der Waals surface area contributed by atoms with Gasteiger partial charge in [-0.05, 0) is 12.1 Å². The maximum Gasteiger partial charge on any atom is 0.328 e. The maximum absolute atomic E-state index is 11.7. The molecule has 0 aliphatic rings. The molecule has 1 aromatic heterocycles. The number of nitrogens with one attached hydrogen (secondary N) is 2. The van der Waals surface area contributed by atoms with Crippen molar-refractivity contribution in [2.45, 2.75) is 0 Å². The number of benzene rings is 1. The highest BCUT2D eigenvalue weighted by molar-refractivity contribution is 5.93. The van der Waals surface area contributed by atoms with Crippen LogP contribution in [0, 0.1) is 0 Å². The fourth-order valence-electron chi connectivity index (χ4n) is 1.54. The number of carbonyl (C=O) groups is 1. The highest BCUT2D eigenvalue weighted by Crippen LogP contribution is 2.20. The molecule has 0 aliphatic heterocycles. The SMILES string of the molecule is Cn1c(=O)cc(C(=O)N/N=C/c2ccc(O)cc2O)[nH]c1=O. The van der Waals surface area contributed by atoms with Gasteiger partial charge in [0.05, 0.1) is 6.21 Å². The van der Waals surface area contributed by atoms with Crippen LogP contribution in [0.3, 0.4) is 0 Å². The lowest BCUT2D eigenvalue weighted by molar-refractivity contribution is 0.0949. The number of hydrogen-bond acceptors (Lipinski definition) is 6. The van der Waals surface area contributed by atoms with Gasteiger partial charge in [-0.15, -0.1) is 0 Å². The number of phenolic OH excluding ortho intramolecular Hbond substituents is 2. The predicted molar refractivity (Wildman–Crippen MR) is 77.1 cm³/mol. The molecular weight excluding hydrogens is 292 g/mol. The molecule has 0 fully saturated rings. The maximum atomic E-state index is 11.7. The van der Waals surface area contributed by atoms with Crippen molar-refractivity contribution >= 4 is 12.1 Å². The lowest BCUT2D eigenvalue weighted by atomic mass is 10.2. The van der Waals surface area contributed by atoms with E-state index in [1.807, 2.05) is 0 Å². The van der Waals surface area contributed by atoms with Crippen LogP contribution >= 0.6 is 0 Å². The smallest absolute Gasteiger partial charge is 0.328 e. The first kappa shape index (κ1) is 15.0. The molecule has 2 rings (SSSR count). The van der Waals surface area contributed by atoms with Crippen molar-refractivity contribution in [1.82, 2.24) is 15.0 Å². The molecule has 0 unspecified atom stereocenters. The van der Waals surface area contributed by atoms with E-state index in [-0.39, 0.29) is 22.8 Å². The van der Waals surface area contributed by atoms with Gasteiger partial charge in [0, 0.05) is 24.7 Å². The molecule has 1 amide bonds. The van der Waals surface area contributed by atoms with Crippen LogP contribution in [0.2, 0.25) is 0 Å². The number of hydrazone groups is 1. The monoisotopic (exact) mass is 304 g/mol. The van der Waals surface area contributed by atoms with Crippen LogP contribution < -0.4 is 16.7 Å². The first-order valence-electron chi connectivity index (χ1n) is 6.04. The third-order valence-electron chi connectivity index (χ3n) is 2.77. The minimum Gasteiger partial charge on any atom is -0.508 e. The Bertz CT molecular complexity index is 834. The topological polar surface area (TPSA) is 137 Å². The highest BCUT2D eigenvalue weighted by atomic mass is 16.3. The Morgan fingerprint density at radius 3 is 2.68 bits per heavy atom. The zero-order valence-electron chi connectivity index (χ0n) is 11.4. The summed E-state index contributed by atoms with van der Waals surface area (Å²) in [6.45, 7) is 0. The van der Waals surface area contributed by atoms with Crippen LogP contribution in [0.25, 0.3) is 0 Å². The second kappa shape index (κ2) is 5.95. The van der Waals surface area contributed by atoms with Gasteiger partial charge in [-0.3, -0.25) is 14.2 Å². The standard InChI is InChI=1S/C13H12N4O5/c1-17-11(20)5-9(15-13(17)22)12(21)16-14-6-7-2-3-8(18)4-10(7)19/h2-6,18-19H,1H3,(H,15,22)(H,16,21)/b14-6+. The Hall–Kier alpha value is -3.36. The molecule has 1 aromatic carbocycles. The number of hydrogen-bond donors (Lipinski definition) is 4. The van der Waals surface area contributed by atoms with Crippen LogP contribution in [0.15, 0.2) is 39.0 Å². The number of phenols is 2. The quantitative estimate of drug-likeness (QED) is 0.437. The number of amides is 1. The lowest BCUT2D eigenvalue weighted by Crippen LogP contribution is -2.35. The summed E-state index contributed by atoms with van der Waals surface area (Å²) in [6.07, 6.45) is 1.14. The molecule has 2 aromatic rings. The zero-order chi connectivity index (χ0) is 16.3. The van der Waals surface area contributed by atoms with E-state index < -0.39 is 17.2 Å². The second-order valence-corrected chi connectivity index (χ2v) is 4.33. The summed E-state index contributed by atoms with van der Waals surface area (Å²) < 4.78 is 0.814. The molecule has 114 valence electrons. The number of aromatic amines is 1. The van der Waals surface area contributed by atoms with E-state index >= 15 is 0 Å². The Kier molecular flexibility index (Phi) is 4.07. The van der Waals surface area contributed by atoms with Gasteiger partial charge in [0.15, 0.2) is 0 Å². The summed E-state index contributed by atoms with van der Waals surface area (Å²) in [6, 6.07) is 4.80. The molecular formula is C13H12N4O5. The summed E-state index contributed by atoms with van der Waals surface area (Å²) in [5.41, 5.74) is 0.771. The Labute approximate surface area is 123 Å². The van der Waals surface area contributed by atoms with Gasteiger partial charge in [-0.1, -0.05) is 0 Å². The Morgan fingerprint density at radius 1 is 1.32 bits per heavy atom. The minimum atomic E-state index is -0.788. The number of aromatic nitrogens is 2. The first-order valence-corrected chi connectivity index (χ1v) is 6.04. The van der Waals surface area contributed by atoms with Gasteiger partial charge < -0.3 is 15.2 Å². The summed E-state index contributed by atoms with van der Waals surface area (Å²) >= 11 is 0. The van der Waals surface area contributed by atoms with E-state index in [1.54, 1.807) is 0 Å². The van der Waals surface area contributed by atoms with Gasteiger partial charge in [-0.25, -0.2) is 10.2 Å². The molecule has 0 spiro atoms. The normalized spacial score (nSPS) is 10.8. The van der Waals surface area contributed by atoms with Crippen LogP contribution in [0.5, 0.6) is 11.5 Å². The van der Waals surface area contributed by atoms with E-state index in [2.05, 4.69) is 15.5 Å². The van der Waals surface area contributed by atoms with Crippen LogP contribution in [-0.4, -0.2) is 31.9 Å². The van der Waals surface area contributed by atoms with Crippen molar-refractivity contribution in [2.24, 2.45) is 12.1 Å². The van der Waals surface area contributed by atoms with Crippen molar-refractivity contribution in [3.05, 3.63) is 56.4 Å². The molecule has 0 saturated carbocycles. The third kappa shape index (κ3) is 3.20. The fourth-order valence-corrected chi connectivity index (χ4v) is 1.54. The van der Waals surface area contributed by atoms with Gasteiger partial charge >= 0.3 is 5.69 Å². The number of H-pyrrole nitrogens is 1. The van der Waals surface area contributed by atoms with Crippen molar-refractivity contribution in [1.29, 1.82) is 0 Å². The van der Waals surface area contributed by atoms with Gasteiger partial charge in [0.1, 0.15) is 17.2 Å². The molecule has 0 atom stereocenters. The number of nitrogens with zero attached hydrogens (tertiary/aromatic N) is 2. The molecule has 0 saturated heterocycles. The number of rotatable bonds is 3. The summed E-state index contributed by atoms with van der Waals surface area (Å²) in [5.74, 6) is -1.12. The van der Waals surface area contributed by atoms with Gasteiger partial charge in [0.25, 0.3) is 11.5 Å². The van der Waals surface area contributed by atoms with Gasteiger partial charge in [0.2, 0.25) is 0 Å². The van der Waals surface area contributed by atoms with Crippen LogP contribution in [0.4, 0.5) is 0 Å². The average Bonchev–Trinajstić information content (AvgIpc) is 2.46. The highest BCUT2D eigenvalue weighted by Gasteiger charge is 2.08. The summed E-state index contributed by atoms with van der Waals surface area (Å²) in [4.78, 5) is 36.7. The van der Waals surface area contributed by atoms with Crippen LogP contribution in [0.1, 0.15) is 16.1 Å². The molecule has 9 nitrogen and oxygen atoms in total. The van der Waals surface area contributed by atoms with Crippen molar-refractivity contribution < 1.29 is 15.0 Å².